The molecule has 7 nitrogen and oxygen atoms in total. The molecule has 5 atom stereocenters. The number of anilines is 1. The van der Waals surface area contributed by atoms with E-state index in [0.717, 1.165) is 69.8 Å². The van der Waals surface area contributed by atoms with Gasteiger partial charge in [0.1, 0.15) is 11.6 Å². The zero-order chi connectivity index (χ0) is 27.1. The molecule has 0 aromatic heterocycles. The van der Waals surface area contributed by atoms with Crippen LogP contribution in [-0.2, 0) is 19.1 Å². The highest BCUT2D eigenvalue weighted by Gasteiger charge is 2.73. The summed E-state index contributed by atoms with van der Waals surface area (Å²) in [6, 6.07) is 4.76. The van der Waals surface area contributed by atoms with E-state index in [1.807, 2.05) is 36.1 Å². The van der Waals surface area contributed by atoms with Gasteiger partial charge in [0.15, 0.2) is 0 Å². The van der Waals surface area contributed by atoms with Crippen molar-refractivity contribution in [3.05, 3.63) is 40.9 Å². The first-order valence-electron chi connectivity index (χ1n) is 15.0. The van der Waals surface area contributed by atoms with Gasteiger partial charge in [-0.3, -0.25) is 14.4 Å². The third-order valence-electron chi connectivity index (χ3n) is 9.72. The maximum Gasteiger partial charge on any atom is 0.246 e. The van der Waals surface area contributed by atoms with Crippen LogP contribution in [0.25, 0.3) is 0 Å². The third-order valence-corrected chi connectivity index (χ3v) is 10.1. The van der Waals surface area contributed by atoms with Gasteiger partial charge in [-0.2, -0.15) is 0 Å². The van der Waals surface area contributed by atoms with Crippen LogP contribution in [0, 0.1) is 18.8 Å². The average molecular weight is 554 g/mol. The molecule has 2 bridgehead atoms. The summed E-state index contributed by atoms with van der Waals surface area (Å²) in [6.45, 7) is 1.91. The van der Waals surface area contributed by atoms with E-state index in [1.165, 1.54) is 12.8 Å². The number of hydrogen-bond donors (Lipinski definition) is 2. The summed E-state index contributed by atoms with van der Waals surface area (Å²) < 4.78 is 6.55. The first-order chi connectivity index (χ1) is 18.9. The molecule has 4 fully saturated rings. The minimum absolute atomic E-state index is 0.0180. The Bertz CT molecular complexity index is 1160. The fourth-order valence-corrected chi connectivity index (χ4v) is 7.92. The van der Waals surface area contributed by atoms with Gasteiger partial charge >= 0.3 is 0 Å². The first-order valence-corrected chi connectivity index (χ1v) is 15.3. The smallest absolute Gasteiger partial charge is 0.246 e. The predicted octanol–water partition coefficient (Wildman–Crippen LogP) is 5.30. The van der Waals surface area contributed by atoms with E-state index < -0.39 is 29.6 Å². The van der Waals surface area contributed by atoms with E-state index in [-0.39, 0.29) is 29.8 Å². The van der Waals surface area contributed by atoms with Gasteiger partial charge in [-0.05, 0) is 50.3 Å². The molecule has 3 aliphatic heterocycles. The van der Waals surface area contributed by atoms with Gasteiger partial charge in [-0.1, -0.05) is 81.2 Å². The summed E-state index contributed by atoms with van der Waals surface area (Å²) in [5.41, 5.74) is 0.397. The van der Waals surface area contributed by atoms with Crippen molar-refractivity contribution in [2.45, 2.75) is 114 Å². The van der Waals surface area contributed by atoms with Gasteiger partial charge in [0.25, 0.3) is 0 Å². The Morgan fingerprint density at radius 3 is 2.36 bits per heavy atom. The van der Waals surface area contributed by atoms with E-state index in [4.69, 9.17) is 16.3 Å². The Labute approximate surface area is 236 Å². The molecule has 8 heteroatoms. The van der Waals surface area contributed by atoms with E-state index >= 15 is 0 Å². The first kappa shape index (κ1) is 26.8. The molecule has 2 saturated heterocycles. The number of nitrogens with zero attached hydrogens (tertiary/aromatic N) is 1. The molecular weight excluding hydrogens is 514 g/mol. The summed E-state index contributed by atoms with van der Waals surface area (Å²) in [6.07, 6.45) is 16.0. The number of likely N-dealkylation sites (tertiary alicyclic amines) is 1. The third kappa shape index (κ3) is 4.80. The van der Waals surface area contributed by atoms with Gasteiger partial charge in [0.2, 0.25) is 17.7 Å². The standard InChI is InChI=1S/C31H40ClN3O4/c1-19-14-15-21(18-23(19)32)34-28(36)25-24-16-17-31(39-24)26(25)30(38)35(22-12-8-3-2-4-9-13-22)27(31)29(37)33-20-10-6-5-7-11-20/h14-18,20,22,24-27H,2-13H2,1H3,(H,33,37)(H,34,36). The van der Waals surface area contributed by atoms with Crippen molar-refractivity contribution in [2.75, 3.05) is 5.32 Å². The van der Waals surface area contributed by atoms with Crippen LogP contribution >= 0.6 is 11.6 Å². The number of amides is 3. The highest BCUT2D eigenvalue weighted by atomic mass is 35.5. The molecule has 3 amide bonds. The summed E-state index contributed by atoms with van der Waals surface area (Å²) in [5, 5.41) is 6.85. The van der Waals surface area contributed by atoms with Crippen LogP contribution in [0.4, 0.5) is 5.69 Å². The Balaban J connectivity index is 1.32. The lowest BCUT2D eigenvalue weighted by atomic mass is 9.74. The number of fused-ring (bicyclic) bond motifs is 1. The maximum absolute atomic E-state index is 14.4. The molecule has 210 valence electrons. The molecule has 3 heterocycles. The number of benzene rings is 1. The van der Waals surface area contributed by atoms with Crippen molar-refractivity contribution in [1.29, 1.82) is 0 Å². The number of hydrogen-bond acceptors (Lipinski definition) is 4. The summed E-state index contributed by atoms with van der Waals surface area (Å²) in [7, 11) is 0. The average Bonchev–Trinajstić information content (AvgIpc) is 3.54. The van der Waals surface area contributed by atoms with Crippen molar-refractivity contribution in [3.8, 4) is 0 Å². The second kappa shape index (κ2) is 10.9. The van der Waals surface area contributed by atoms with Crippen molar-refractivity contribution < 1.29 is 19.1 Å². The van der Waals surface area contributed by atoms with Crippen LogP contribution in [0.2, 0.25) is 5.02 Å². The highest BCUT2D eigenvalue weighted by molar-refractivity contribution is 6.31. The molecule has 2 aliphatic carbocycles. The number of nitrogens with one attached hydrogen (secondary N) is 2. The topological polar surface area (TPSA) is 87.7 Å². The molecule has 6 rings (SSSR count). The van der Waals surface area contributed by atoms with Gasteiger partial charge in [0, 0.05) is 22.8 Å². The van der Waals surface area contributed by atoms with E-state index in [9.17, 15) is 14.4 Å². The Morgan fingerprint density at radius 2 is 1.64 bits per heavy atom. The zero-order valence-electron chi connectivity index (χ0n) is 22.8. The molecule has 1 aromatic rings. The van der Waals surface area contributed by atoms with Gasteiger partial charge < -0.3 is 20.3 Å². The molecule has 1 spiro atoms. The van der Waals surface area contributed by atoms with Crippen molar-refractivity contribution in [1.82, 2.24) is 10.2 Å². The van der Waals surface area contributed by atoms with Crippen LogP contribution in [0.1, 0.15) is 82.6 Å². The molecule has 5 aliphatic rings. The fourth-order valence-electron chi connectivity index (χ4n) is 7.74. The van der Waals surface area contributed by atoms with E-state index in [2.05, 4.69) is 10.6 Å². The SMILES string of the molecule is Cc1ccc(NC(=O)C2C3C=CC4(O3)C2C(=O)N(C2CCCCCCC2)C4C(=O)NC2CCCCC2)cc1Cl. The number of ether oxygens (including phenoxy) is 1. The minimum Gasteiger partial charge on any atom is -0.359 e. The normalized spacial score (nSPS) is 33.1. The van der Waals surface area contributed by atoms with Crippen molar-refractivity contribution in [3.63, 3.8) is 0 Å². The van der Waals surface area contributed by atoms with Crippen molar-refractivity contribution in [2.24, 2.45) is 11.8 Å². The lowest BCUT2D eigenvalue weighted by Gasteiger charge is -2.38. The Hall–Kier alpha value is -2.38. The Morgan fingerprint density at radius 1 is 0.974 bits per heavy atom. The summed E-state index contributed by atoms with van der Waals surface area (Å²) in [4.78, 5) is 44.0. The maximum atomic E-state index is 14.4. The molecule has 0 radical (unpaired) electrons. The number of aryl methyl sites for hydroxylation is 1. The van der Waals surface area contributed by atoms with Crippen LogP contribution in [0.3, 0.4) is 0 Å². The molecule has 2 N–H and O–H groups in total. The van der Waals surface area contributed by atoms with Crippen LogP contribution in [0.15, 0.2) is 30.4 Å². The van der Waals surface area contributed by atoms with Crippen molar-refractivity contribution >= 4 is 35.0 Å². The van der Waals surface area contributed by atoms with Gasteiger partial charge in [-0.25, -0.2) is 0 Å². The molecular formula is C31H40ClN3O4. The van der Waals surface area contributed by atoms with Crippen LogP contribution < -0.4 is 10.6 Å². The highest BCUT2D eigenvalue weighted by Crippen LogP contribution is 2.56. The quantitative estimate of drug-likeness (QED) is 0.484. The number of rotatable bonds is 5. The van der Waals surface area contributed by atoms with Gasteiger partial charge in [0.05, 0.1) is 17.9 Å². The molecule has 39 heavy (non-hydrogen) atoms. The number of halogens is 1. The predicted molar refractivity (Wildman–Crippen MR) is 150 cm³/mol. The zero-order valence-corrected chi connectivity index (χ0v) is 23.6. The van der Waals surface area contributed by atoms with Crippen LogP contribution in [-0.4, -0.2) is 52.5 Å². The second-order valence-electron chi connectivity index (χ2n) is 12.2. The lowest BCUT2D eigenvalue weighted by molar-refractivity contribution is -0.144. The molecule has 1 aromatic carbocycles. The minimum atomic E-state index is -1.12. The molecule has 2 saturated carbocycles. The Kier molecular flexibility index (Phi) is 7.49. The van der Waals surface area contributed by atoms with E-state index in [1.54, 1.807) is 6.07 Å². The molecule has 5 unspecified atom stereocenters. The summed E-state index contributed by atoms with van der Waals surface area (Å²) in [5.74, 6) is -1.93. The largest absolute Gasteiger partial charge is 0.359 e. The number of carbonyl (C=O) groups excluding carboxylic acids is 3. The monoisotopic (exact) mass is 553 g/mol. The van der Waals surface area contributed by atoms with E-state index in [0.29, 0.717) is 10.7 Å². The van der Waals surface area contributed by atoms with Crippen LogP contribution in [0.5, 0.6) is 0 Å². The number of carbonyl (C=O) groups is 3. The lowest BCUT2D eigenvalue weighted by Crippen LogP contribution is -2.58. The second-order valence-corrected chi connectivity index (χ2v) is 12.6. The van der Waals surface area contributed by atoms with Gasteiger partial charge in [-0.15, -0.1) is 0 Å². The fraction of sp³-hybridized carbons (Fsp3) is 0.645. The summed E-state index contributed by atoms with van der Waals surface area (Å²) >= 11 is 6.30.